The van der Waals surface area contributed by atoms with Crippen LogP contribution in [0.3, 0.4) is 0 Å². The Kier molecular flexibility index (Phi) is 5.17. The van der Waals surface area contributed by atoms with Crippen LogP contribution in [0.25, 0.3) is 10.9 Å². The molecule has 0 unspecified atom stereocenters. The fraction of sp³-hybridized carbons (Fsp3) is 0.333. The van der Waals surface area contributed by atoms with Crippen LogP contribution in [0.2, 0.25) is 0 Å². The molecule has 7 nitrogen and oxygen atoms in total. The summed E-state index contributed by atoms with van der Waals surface area (Å²) in [6.07, 6.45) is 4.36. The third kappa shape index (κ3) is 3.76. The summed E-state index contributed by atoms with van der Waals surface area (Å²) in [6, 6.07) is 7.50. The van der Waals surface area contributed by atoms with Crippen LogP contribution in [-0.4, -0.2) is 27.5 Å². The van der Waals surface area contributed by atoms with Gasteiger partial charge in [0.25, 0.3) is 5.56 Å². The summed E-state index contributed by atoms with van der Waals surface area (Å²) in [5.41, 5.74) is -0.845. The standard InChI is InChI=1S/C24H19F2N3O4/c25-19-2-3-20(26)22(18(19)11-27)33-16-1-4-21-17(9-16)23(31)29(13-28-21)14-10-24(32-12-14)7-5-15(30)6-8-24/h1-4,9,13-14H,5-8,10,12H2/t14-/m0/s1. The zero-order chi connectivity index (χ0) is 23.2. The van der Waals surface area contributed by atoms with Crippen molar-refractivity contribution >= 4 is 16.7 Å². The van der Waals surface area contributed by atoms with E-state index in [9.17, 15) is 18.4 Å². The topological polar surface area (TPSA) is 94.2 Å². The summed E-state index contributed by atoms with van der Waals surface area (Å²) in [5.74, 6) is -2.03. The molecule has 33 heavy (non-hydrogen) atoms. The van der Waals surface area contributed by atoms with Crippen molar-refractivity contribution in [1.29, 1.82) is 5.26 Å². The molecule has 1 saturated carbocycles. The molecule has 1 aliphatic heterocycles. The van der Waals surface area contributed by atoms with Crippen LogP contribution in [0.4, 0.5) is 8.78 Å². The van der Waals surface area contributed by atoms with E-state index in [1.807, 2.05) is 0 Å². The Balaban J connectivity index is 1.47. The number of fused-ring (bicyclic) bond motifs is 1. The van der Waals surface area contributed by atoms with Crippen molar-refractivity contribution in [2.45, 2.75) is 43.7 Å². The smallest absolute Gasteiger partial charge is 0.261 e. The minimum atomic E-state index is -0.904. The van der Waals surface area contributed by atoms with Gasteiger partial charge in [-0.05, 0) is 49.6 Å². The second-order valence-corrected chi connectivity index (χ2v) is 8.47. The lowest BCUT2D eigenvalue weighted by Gasteiger charge is -2.31. The summed E-state index contributed by atoms with van der Waals surface area (Å²) in [7, 11) is 0. The molecule has 1 aliphatic carbocycles. The molecule has 2 aliphatic rings. The van der Waals surface area contributed by atoms with Gasteiger partial charge in [-0.25, -0.2) is 13.8 Å². The van der Waals surface area contributed by atoms with Gasteiger partial charge in [-0.1, -0.05) is 0 Å². The number of benzene rings is 2. The molecule has 0 N–H and O–H groups in total. The number of carbonyl (C=O) groups excluding carboxylic acids is 1. The van der Waals surface area contributed by atoms with Gasteiger partial charge in [-0.15, -0.1) is 0 Å². The molecule has 2 aromatic carbocycles. The van der Waals surface area contributed by atoms with Crippen LogP contribution in [0.15, 0.2) is 41.5 Å². The number of ether oxygens (including phenoxy) is 2. The van der Waals surface area contributed by atoms with Crippen molar-refractivity contribution in [1.82, 2.24) is 9.55 Å². The fourth-order valence-corrected chi connectivity index (χ4v) is 4.63. The second-order valence-electron chi connectivity index (χ2n) is 8.47. The number of hydrogen-bond acceptors (Lipinski definition) is 6. The van der Waals surface area contributed by atoms with Crippen molar-refractivity contribution < 1.29 is 23.0 Å². The molecule has 1 saturated heterocycles. The van der Waals surface area contributed by atoms with Crippen molar-refractivity contribution in [2.24, 2.45) is 0 Å². The highest BCUT2D eigenvalue weighted by atomic mass is 19.1. The molecule has 1 spiro atoms. The highest BCUT2D eigenvalue weighted by molar-refractivity contribution is 5.80. The van der Waals surface area contributed by atoms with E-state index in [0.717, 1.165) is 12.1 Å². The Morgan fingerprint density at radius 1 is 1.15 bits per heavy atom. The molecule has 5 rings (SSSR count). The first kappa shape index (κ1) is 21.2. The molecule has 1 aromatic heterocycles. The van der Waals surface area contributed by atoms with Gasteiger partial charge in [0, 0.05) is 12.8 Å². The monoisotopic (exact) mass is 451 g/mol. The summed E-state index contributed by atoms with van der Waals surface area (Å²) < 4.78 is 41.1. The lowest BCUT2D eigenvalue weighted by atomic mass is 9.81. The Bertz CT molecular complexity index is 1370. The van der Waals surface area contributed by atoms with Crippen LogP contribution < -0.4 is 10.3 Å². The van der Waals surface area contributed by atoms with Crippen LogP contribution in [0.1, 0.15) is 43.7 Å². The molecule has 0 radical (unpaired) electrons. The molecule has 9 heteroatoms. The predicted octanol–water partition coefficient (Wildman–Crippen LogP) is 4.18. The van der Waals surface area contributed by atoms with Crippen molar-refractivity contribution in [3.8, 4) is 17.6 Å². The Morgan fingerprint density at radius 2 is 1.91 bits per heavy atom. The number of Topliss-reactive ketones (excluding diaryl/α,β-unsaturated/α-hetero) is 1. The lowest BCUT2D eigenvalue weighted by molar-refractivity contribution is -0.126. The summed E-state index contributed by atoms with van der Waals surface area (Å²) >= 11 is 0. The second kappa shape index (κ2) is 8.05. The van der Waals surface area contributed by atoms with Gasteiger partial charge >= 0.3 is 0 Å². The first-order valence-corrected chi connectivity index (χ1v) is 10.6. The van der Waals surface area contributed by atoms with Crippen molar-refractivity contribution in [2.75, 3.05) is 6.61 Å². The third-order valence-electron chi connectivity index (χ3n) is 6.45. The van der Waals surface area contributed by atoms with E-state index in [1.165, 1.54) is 23.0 Å². The van der Waals surface area contributed by atoms with E-state index in [2.05, 4.69) is 4.98 Å². The zero-order valence-electron chi connectivity index (χ0n) is 17.5. The summed E-state index contributed by atoms with van der Waals surface area (Å²) in [6.45, 7) is 0.345. The molecule has 168 valence electrons. The maximum atomic E-state index is 14.2. The van der Waals surface area contributed by atoms with Gasteiger partial charge in [0.15, 0.2) is 11.6 Å². The van der Waals surface area contributed by atoms with Gasteiger partial charge < -0.3 is 9.47 Å². The average molecular weight is 451 g/mol. The number of nitrogens with zero attached hydrogens (tertiary/aromatic N) is 3. The van der Waals surface area contributed by atoms with Crippen molar-refractivity contribution in [3.63, 3.8) is 0 Å². The zero-order valence-corrected chi connectivity index (χ0v) is 17.5. The number of rotatable bonds is 3. The van der Waals surface area contributed by atoms with Crippen LogP contribution in [0, 0.1) is 23.0 Å². The molecule has 2 heterocycles. The number of hydrogen-bond donors (Lipinski definition) is 0. The number of carbonyl (C=O) groups is 1. The van der Waals surface area contributed by atoms with Gasteiger partial charge in [-0.2, -0.15) is 5.26 Å². The average Bonchev–Trinajstić information content (AvgIpc) is 3.22. The van der Waals surface area contributed by atoms with Gasteiger partial charge in [0.05, 0.1) is 35.5 Å². The van der Waals surface area contributed by atoms with E-state index in [-0.39, 0.29) is 34.1 Å². The Labute approximate surface area is 187 Å². The van der Waals surface area contributed by atoms with Crippen LogP contribution in [-0.2, 0) is 9.53 Å². The maximum absolute atomic E-state index is 14.2. The van der Waals surface area contributed by atoms with Crippen LogP contribution in [0.5, 0.6) is 11.5 Å². The number of ketones is 1. The molecule has 1 atom stereocenters. The molecule has 3 aromatic rings. The largest absolute Gasteiger partial charge is 0.453 e. The molecule has 0 amide bonds. The predicted molar refractivity (Wildman–Crippen MR) is 113 cm³/mol. The minimum absolute atomic E-state index is 0.0742. The summed E-state index contributed by atoms with van der Waals surface area (Å²) in [4.78, 5) is 29.2. The lowest BCUT2D eigenvalue weighted by Crippen LogP contribution is -2.34. The third-order valence-corrected chi connectivity index (χ3v) is 6.45. The van der Waals surface area contributed by atoms with Crippen LogP contribution >= 0.6 is 0 Å². The number of aromatic nitrogens is 2. The van der Waals surface area contributed by atoms with E-state index in [1.54, 1.807) is 12.1 Å². The maximum Gasteiger partial charge on any atom is 0.261 e. The number of nitriles is 1. The Hall–Kier alpha value is -3.64. The first-order valence-electron chi connectivity index (χ1n) is 10.6. The normalized spacial score (nSPS) is 19.7. The quantitative estimate of drug-likeness (QED) is 0.593. The van der Waals surface area contributed by atoms with E-state index in [0.29, 0.717) is 44.2 Å². The van der Waals surface area contributed by atoms with Gasteiger partial charge in [0.1, 0.15) is 29.0 Å². The first-order chi connectivity index (χ1) is 15.9. The Morgan fingerprint density at radius 3 is 2.67 bits per heavy atom. The minimum Gasteiger partial charge on any atom is -0.453 e. The molecular formula is C24H19F2N3O4. The van der Waals surface area contributed by atoms with E-state index in [4.69, 9.17) is 14.7 Å². The van der Waals surface area contributed by atoms with E-state index < -0.39 is 22.9 Å². The van der Waals surface area contributed by atoms with E-state index >= 15 is 0 Å². The van der Waals surface area contributed by atoms with Gasteiger partial charge in [0.2, 0.25) is 0 Å². The summed E-state index contributed by atoms with van der Waals surface area (Å²) in [5, 5.41) is 9.41. The highest BCUT2D eigenvalue weighted by Gasteiger charge is 2.43. The van der Waals surface area contributed by atoms with Gasteiger partial charge in [-0.3, -0.25) is 14.2 Å². The fourth-order valence-electron chi connectivity index (χ4n) is 4.63. The highest BCUT2D eigenvalue weighted by Crippen LogP contribution is 2.42. The molecular weight excluding hydrogens is 432 g/mol. The van der Waals surface area contributed by atoms with Crippen molar-refractivity contribution in [3.05, 3.63) is 64.2 Å². The molecule has 2 fully saturated rings. The SMILES string of the molecule is N#Cc1c(F)ccc(F)c1Oc1ccc2ncn([C@@H]3COC4(CCC(=O)CC4)C3)c(=O)c2c1. The number of halogens is 2. The molecule has 0 bridgehead atoms.